The lowest BCUT2D eigenvalue weighted by molar-refractivity contribution is 0.401. The van der Waals surface area contributed by atoms with Crippen molar-refractivity contribution in [3.63, 3.8) is 0 Å². The molecule has 2 N–H and O–H groups in total. The number of ether oxygens (including phenoxy) is 1. The van der Waals surface area contributed by atoms with Crippen LogP contribution in [0.15, 0.2) is 27.2 Å². The molecule has 2 aromatic rings. The quantitative estimate of drug-likeness (QED) is 0.939. The Hall–Kier alpha value is -1.40. The van der Waals surface area contributed by atoms with Crippen molar-refractivity contribution < 1.29 is 9.26 Å². The third-order valence-electron chi connectivity index (χ3n) is 2.63. The summed E-state index contributed by atoms with van der Waals surface area (Å²) in [6.45, 7) is 2.43. The van der Waals surface area contributed by atoms with Gasteiger partial charge < -0.3 is 15.0 Å². The van der Waals surface area contributed by atoms with Crippen molar-refractivity contribution in [3.8, 4) is 17.2 Å². The molecule has 0 amide bonds. The van der Waals surface area contributed by atoms with Gasteiger partial charge in [-0.05, 0) is 18.2 Å². The van der Waals surface area contributed by atoms with Crippen LogP contribution in [-0.4, -0.2) is 23.8 Å². The van der Waals surface area contributed by atoms with E-state index in [9.17, 15) is 0 Å². The van der Waals surface area contributed by atoms with E-state index in [1.807, 2.05) is 25.1 Å². The lowest BCUT2D eigenvalue weighted by Crippen LogP contribution is -2.10. The minimum Gasteiger partial charge on any atom is -0.496 e. The average Bonchev–Trinajstić information content (AvgIpc) is 2.87. The minimum atomic E-state index is 0.0731. The van der Waals surface area contributed by atoms with Gasteiger partial charge in [0.05, 0.1) is 12.7 Å². The molecule has 0 aliphatic heterocycles. The molecule has 96 valence electrons. The first kappa shape index (κ1) is 13.0. The Kier molecular flexibility index (Phi) is 3.98. The summed E-state index contributed by atoms with van der Waals surface area (Å²) < 4.78 is 11.5. The van der Waals surface area contributed by atoms with E-state index in [0.717, 1.165) is 10.0 Å². The molecule has 1 heterocycles. The van der Waals surface area contributed by atoms with Gasteiger partial charge in [-0.2, -0.15) is 4.98 Å². The van der Waals surface area contributed by atoms with Crippen LogP contribution in [0.5, 0.6) is 5.75 Å². The number of benzene rings is 1. The Morgan fingerprint density at radius 2 is 2.28 bits per heavy atom. The normalized spacial score (nSPS) is 12.4. The van der Waals surface area contributed by atoms with E-state index in [-0.39, 0.29) is 5.92 Å². The molecule has 1 aromatic heterocycles. The number of aromatic nitrogens is 2. The monoisotopic (exact) mass is 311 g/mol. The van der Waals surface area contributed by atoms with Gasteiger partial charge in [-0.15, -0.1) is 0 Å². The molecule has 0 aliphatic carbocycles. The highest BCUT2D eigenvalue weighted by atomic mass is 79.9. The molecule has 18 heavy (non-hydrogen) atoms. The van der Waals surface area contributed by atoms with Crippen LogP contribution in [0.3, 0.4) is 0 Å². The van der Waals surface area contributed by atoms with E-state index in [1.54, 1.807) is 7.11 Å². The van der Waals surface area contributed by atoms with Crippen LogP contribution in [-0.2, 0) is 0 Å². The van der Waals surface area contributed by atoms with Crippen LogP contribution in [0.25, 0.3) is 11.5 Å². The van der Waals surface area contributed by atoms with Gasteiger partial charge in [0.2, 0.25) is 0 Å². The van der Waals surface area contributed by atoms with Crippen molar-refractivity contribution >= 4 is 15.9 Å². The van der Waals surface area contributed by atoms with Gasteiger partial charge in [-0.1, -0.05) is 28.0 Å². The van der Waals surface area contributed by atoms with Crippen LogP contribution >= 0.6 is 15.9 Å². The summed E-state index contributed by atoms with van der Waals surface area (Å²) >= 11 is 3.39. The summed E-state index contributed by atoms with van der Waals surface area (Å²) in [5, 5.41) is 3.93. The van der Waals surface area contributed by atoms with Crippen molar-refractivity contribution in [2.45, 2.75) is 12.8 Å². The zero-order valence-electron chi connectivity index (χ0n) is 10.2. The van der Waals surface area contributed by atoms with Gasteiger partial charge >= 0.3 is 0 Å². The molecule has 0 saturated heterocycles. The zero-order chi connectivity index (χ0) is 13.1. The van der Waals surface area contributed by atoms with Crippen LogP contribution in [0.4, 0.5) is 0 Å². The third-order valence-corrected chi connectivity index (χ3v) is 3.12. The number of methoxy groups -OCH3 is 1. The predicted octanol–water partition coefficient (Wildman–Crippen LogP) is 2.57. The van der Waals surface area contributed by atoms with Gasteiger partial charge in [0.15, 0.2) is 5.82 Å². The molecule has 0 bridgehead atoms. The second kappa shape index (κ2) is 5.49. The Bertz CT molecular complexity index is 542. The summed E-state index contributed by atoms with van der Waals surface area (Å²) in [5.74, 6) is 1.80. The van der Waals surface area contributed by atoms with Gasteiger partial charge in [-0.3, -0.25) is 0 Å². The molecular formula is C12H14BrN3O2. The molecule has 1 atom stereocenters. The standard InChI is InChI=1S/C12H14BrN3O2/c1-7(6-14)11-15-12(18-16-11)9-4-3-8(13)5-10(9)17-2/h3-5,7H,6,14H2,1-2H3. The molecule has 1 unspecified atom stereocenters. The van der Waals surface area contributed by atoms with Crippen molar-refractivity contribution in [2.75, 3.05) is 13.7 Å². The fourth-order valence-corrected chi connectivity index (χ4v) is 1.83. The van der Waals surface area contributed by atoms with Gasteiger partial charge in [0.25, 0.3) is 5.89 Å². The van der Waals surface area contributed by atoms with Crippen molar-refractivity contribution in [1.29, 1.82) is 0 Å². The molecule has 0 aliphatic rings. The number of rotatable bonds is 4. The molecule has 0 spiro atoms. The fraction of sp³-hybridized carbons (Fsp3) is 0.333. The molecule has 0 radical (unpaired) electrons. The first-order chi connectivity index (χ1) is 8.65. The fourth-order valence-electron chi connectivity index (χ4n) is 1.49. The van der Waals surface area contributed by atoms with Crippen molar-refractivity contribution in [1.82, 2.24) is 10.1 Å². The Morgan fingerprint density at radius 1 is 1.50 bits per heavy atom. The van der Waals surface area contributed by atoms with E-state index >= 15 is 0 Å². The molecule has 0 saturated carbocycles. The number of hydrogen-bond acceptors (Lipinski definition) is 5. The van der Waals surface area contributed by atoms with Crippen LogP contribution < -0.4 is 10.5 Å². The van der Waals surface area contributed by atoms with E-state index in [4.69, 9.17) is 15.0 Å². The zero-order valence-corrected chi connectivity index (χ0v) is 11.8. The Labute approximate surface area is 113 Å². The number of halogens is 1. The highest BCUT2D eigenvalue weighted by Gasteiger charge is 2.16. The molecule has 2 rings (SSSR count). The predicted molar refractivity (Wildman–Crippen MR) is 71.5 cm³/mol. The summed E-state index contributed by atoms with van der Waals surface area (Å²) in [6.07, 6.45) is 0. The topological polar surface area (TPSA) is 74.2 Å². The second-order valence-electron chi connectivity index (χ2n) is 3.94. The summed E-state index contributed by atoms with van der Waals surface area (Å²) in [4.78, 5) is 4.34. The maximum absolute atomic E-state index is 5.58. The average molecular weight is 312 g/mol. The smallest absolute Gasteiger partial charge is 0.261 e. The second-order valence-corrected chi connectivity index (χ2v) is 4.85. The van der Waals surface area contributed by atoms with Crippen molar-refractivity contribution in [3.05, 3.63) is 28.5 Å². The summed E-state index contributed by atoms with van der Waals surface area (Å²) in [5.41, 5.74) is 6.34. The van der Waals surface area contributed by atoms with Crippen LogP contribution in [0.2, 0.25) is 0 Å². The van der Waals surface area contributed by atoms with Crippen LogP contribution in [0.1, 0.15) is 18.7 Å². The molecule has 1 aromatic carbocycles. The van der Waals surface area contributed by atoms with E-state index in [2.05, 4.69) is 26.1 Å². The van der Waals surface area contributed by atoms with Gasteiger partial charge in [-0.25, -0.2) is 0 Å². The first-order valence-electron chi connectivity index (χ1n) is 5.53. The van der Waals surface area contributed by atoms with E-state index in [1.165, 1.54) is 0 Å². The van der Waals surface area contributed by atoms with Gasteiger partial charge in [0, 0.05) is 16.9 Å². The van der Waals surface area contributed by atoms with E-state index in [0.29, 0.717) is 24.0 Å². The SMILES string of the molecule is COc1cc(Br)ccc1-c1nc(C(C)CN)no1. The van der Waals surface area contributed by atoms with E-state index < -0.39 is 0 Å². The summed E-state index contributed by atoms with van der Waals surface area (Å²) in [6, 6.07) is 5.62. The first-order valence-corrected chi connectivity index (χ1v) is 6.32. The Balaban J connectivity index is 2.39. The van der Waals surface area contributed by atoms with Crippen LogP contribution in [0, 0.1) is 0 Å². The molecule has 5 nitrogen and oxygen atoms in total. The number of nitrogens with two attached hydrogens (primary N) is 1. The lowest BCUT2D eigenvalue weighted by atomic mass is 10.1. The Morgan fingerprint density at radius 3 is 2.94 bits per heavy atom. The minimum absolute atomic E-state index is 0.0731. The van der Waals surface area contributed by atoms with Gasteiger partial charge in [0.1, 0.15) is 5.75 Å². The highest BCUT2D eigenvalue weighted by Crippen LogP contribution is 2.31. The molecule has 0 fully saturated rings. The highest BCUT2D eigenvalue weighted by molar-refractivity contribution is 9.10. The maximum atomic E-state index is 5.58. The largest absolute Gasteiger partial charge is 0.496 e. The molecular weight excluding hydrogens is 298 g/mol. The van der Waals surface area contributed by atoms with Crippen molar-refractivity contribution in [2.24, 2.45) is 5.73 Å². The third kappa shape index (κ3) is 2.54. The number of hydrogen-bond donors (Lipinski definition) is 1. The summed E-state index contributed by atoms with van der Waals surface area (Å²) in [7, 11) is 1.60. The maximum Gasteiger partial charge on any atom is 0.261 e. The lowest BCUT2D eigenvalue weighted by Gasteiger charge is -2.04. The molecule has 6 heteroatoms. The number of nitrogens with zero attached hydrogens (tertiary/aromatic N) is 2.